The smallest absolute Gasteiger partial charge is 0.246 e. The molecule has 0 aromatic carbocycles. The summed E-state index contributed by atoms with van der Waals surface area (Å²) < 4.78 is 1.72. The van der Waals surface area contributed by atoms with Crippen LogP contribution in [-0.2, 0) is 11.8 Å². The molecule has 1 atom stereocenters. The summed E-state index contributed by atoms with van der Waals surface area (Å²) in [4.78, 5) is 29.6. The average Bonchev–Trinajstić information content (AvgIpc) is 3.30. The van der Waals surface area contributed by atoms with E-state index < -0.39 is 0 Å². The van der Waals surface area contributed by atoms with Gasteiger partial charge in [0.15, 0.2) is 5.13 Å². The molecule has 0 radical (unpaired) electrons. The fraction of sp³-hybridized carbons (Fsp3) is 0.409. The van der Waals surface area contributed by atoms with Crippen molar-refractivity contribution in [2.24, 2.45) is 7.05 Å². The Bertz CT molecular complexity index is 1100. The van der Waals surface area contributed by atoms with Crippen molar-refractivity contribution in [3.63, 3.8) is 0 Å². The zero-order valence-corrected chi connectivity index (χ0v) is 19.1. The van der Waals surface area contributed by atoms with E-state index in [9.17, 15) is 4.79 Å². The number of hydrogen-bond acceptors (Lipinski definition) is 7. The fourth-order valence-corrected chi connectivity index (χ4v) is 4.54. The van der Waals surface area contributed by atoms with E-state index in [2.05, 4.69) is 32.3 Å². The number of hydrogen-bond donors (Lipinski definition) is 1. The maximum Gasteiger partial charge on any atom is 0.246 e. The van der Waals surface area contributed by atoms with Crippen LogP contribution in [0.4, 0.5) is 10.9 Å². The van der Waals surface area contributed by atoms with Crippen LogP contribution in [0.2, 0.25) is 0 Å². The molecule has 1 aliphatic heterocycles. The average molecular weight is 438 g/mol. The number of likely N-dealkylation sites (tertiary alicyclic amines) is 1. The van der Waals surface area contributed by atoms with Crippen LogP contribution in [0.15, 0.2) is 24.5 Å². The van der Waals surface area contributed by atoms with E-state index in [0.717, 1.165) is 47.3 Å². The summed E-state index contributed by atoms with van der Waals surface area (Å²) in [7, 11) is 1.86. The van der Waals surface area contributed by atoms with Gasteiger partial charge in [0.1, 0.15) is 11.6 Å². The number of amides is 1. The van der Waals surface area contributed by atoms with Gasteiger partial charge >= 0.3 is 0 Å². The van der Waals surface area contributed by atoms with E-state index in [0.29, 0.717) is 12.4 Å². The molecule has 0 unspecified atom stereocenters. The van der Waals surface area contributed by atoms with Crippen molar-refractivity contribution in [3.8, 4) is 0 Å². The first-order valence-electron chi connectivity index (χ1n) is 10.4. The van der Waals surface area contributed by atoms with Crippen LogP contribution in [0.25, 0.3) is 6.08 Å². The van der Waals surface area contributed by atoms with Crippen LogP contribution >= 0.6 is 11.3 Å². The highest BCUT2D eigenvalue weighted by Gasteiger charge is 2.25. The molecular weight excluding hydrogens is 410 g/mol. The number of piperidine rings is 1. The van der Waals surface area contributed by atoms with Gasteiger partial charge in [-0.05, 0) is 39.7 Å². The highest BCUT2D eigenvalue weighted by atomic mass is 32.1. The summed E-state index contributed by atoms with van der Waals surface area (Å²) in [5.41, 5.74) is 2.91. The van der Waals surface area contributed by atoms with Crippen LogP contribution in [0.1, 0.15) is 46.4 Å². The zero-order chi connectivity index (χ0) is 22.0. The molecule has 1 fully saturated rings. The molecule has 8 nitrogen and oxygen atoms in total. The van der Waals surface area contributed by atoms with E-state index in [1.54, 1.807) is 28.3 Å². The molecule has 3 aromatic rings. The molecule has 31 heavy (non-hydrogen) atoms. The molecule has 4 heterocycles. The van der Waals surface area contributed by atoms with Crippen LogP contribution < -0.4 is 5.32 Å². The maximum absolute atomic E-state index is 12.7. The third kappa shape index (κ3) is 5.16. The molecule has 9 heteroatoms. The number of nitrogens with one attached hydrogen (secondary N) is 1. The number of aryl methyl sites for hydroxylation is 4. The summed E-state index contributed by atoms with van der Waals surface area (Å²) in [6, 6.07) is 1.99. The lowest BCUT2D eigenvalue weighted by molar-refractivity contribution is -0.127. The summed E-state index contributed by atoms with van der Waals surface area (Å²) in [5, 5.41) is 8.28. The van der Waals surface area contributed by atoms with E-state index in [-0.39, 0.29) is 11.8 Å². The number of carbonyl (C=O) groups excluding carboxylic acids is 1. The van der Waals surface area contributed by atoms with Gasteiger partial charge in [-0.1, -0.05) is 0 Å². The lowest BCUT2D eigenvalue weighted by atomic mass is 9.94. The third-order valence-electron chi connectivity index (χ3n) is 5.42. The van der Waals surface area contributed by atoms with Gasteiger partial charge in [0, 0.05) is 54.8 Å². The van der Waals surface area contributed by atoms with Crippen molar-refractivity contribution in [1.82, 2.24) is 29.6 Å². The summed E-state index contributed by atoms with van der Waals surface area (Å²) >= 11 is 1.62. The van der Waals surface area contributed by atoms with Crippen LogP contribution in [0.3, 0.4) is 0 Å². The standard InChI is InChI=1S/C22H27N7OS/c1-14-15(2)31-22(24-14)27-20-10-19(25-16(3)26-20)18-6-5-9-29(13-18)21(30)8-7-17-11-23-28(4)12-17/h7-8,10-12,18H,5-6,9,13H2,1-4H3,(H,24,25,26,27)/b8-7+/t18-/m0/s1. The van der Waals surface area contributed by atoms with Crippen molar-refractivity contribution >= 4 is 34.3 Å². The predicted molar refractivity (Wildman–Crippen MR) is 122 cm³/mol. The number of anilines is 2. The van der Waals surface area contributed by atoms with Crippen molar-refractivity contribution < 1.29 is 4.79 Å². The van der Waals surface area contributed by atoms with E-state index in [1.165, 1.54) is 4.88 Å². The Morgan fingerprint density at radius 1 is 1.26 bits per heavy atom. The first-order valence-corrected chi connectivity index (χ1v) is 11.2. The van der Waals surface area contributed by atoms with Crippen molar-refractivity contribution in [1.29, 1.82) is 0 Å². The van der Waals surface area contributed by atoms with Crippen LogP contribution in [-0.4, -0.2) is 48.6 Å². The molecule has 0 saturated carbocycles. The summed E-state index contributed by atoms with van der Waals surface area (Å²) in [5.74, 6) is 1.67. The first kappa shape index (κ1) is 21.2. The normalized spacial score (nSPS) is 16.8. The topological polar surface area (TPSA) is 88.8 Å². The van der Waals surface area contributed by atoms with Crippen LogP contribution in [0, 0.1) is 20.8 Å². The highest BCUT2D eigenvalue weighted by molar-refractivity contribution is 7.15. The maximum atomic E-state index is 12.7. The van der Waals surface area contributed by atoms with Gasteiger partial charge in [-0.15, -0.1) is 11.3 Å². The minimum absolute atomic E-state index is 0.0198. The molecule has 1 N–H and O–H groups in total. The Morgan fingerprint density at radius 2 is 2.10 bits per heavy atom. The van der Waals surface area contributed by atoms with E-state index in [4.69, 9.17) is 0 Å². The van der Waals surface area contributed by atoms with Gasteiger partial charge in [-0.25, -0.2) is 15.0 Å². The number of thiazole rings is 1. The second-order valence-electron chi connectivity index (χ2n) is 7.91. The number of nitrogens with zero attached hydrogens (tertiary/aromatic N) is 6. The lowest BCUT2D eigenvalue weighted by Crippen LogP contribution is -2.38. The Labute approximate surface area is 186 Å². The van der Waals surface area contributed by atoms with Gasteiger partial charge < -0.3 is 10.2 Å². The minimum atomic E-state index is 0.0198. The summed E-state index contributed by atoms with van der Waals surface area (Å²) in [6.45, 7) is 7.38. The van der Waals surface area contributed by atoms with Gasteiger partial charge in [-0.3, -0.25) is 9.48 Å². The molecule has 3 aromatic heterocycles. The van der Waals surface area contributed by atoms with Gasteiger partial charge in [0.25, 0.3) is 0 Å². The molecule has 1 amide bonds. The third-order valence-corrected chi connectivity index (χ3v) is 6.40. The number of rotatable bonds is 5. The van der Waals surface area contributed by atoms with E-state index in [1.807, 2.05) is 44.1 Å². The Morgan fingerprint density at radius 3 is 2.81 bits per heavy atom. The van der Waals surface area contributed by atoms with Crippen molar-refractivity contribution in [2.45, 2.75) is 39.5 Å². The number of aromatic nitrogens is 5. The molecule has 1 saturated heterocycles. The first-order chi connectivity index (χ1) is 14.9. The summed E-state index contributed by atoms with van der Waals surface area (Å²) in [6.07, 6.45) is 9.02. The largest absolute Gasteiger partial charge is 0.338 e. The fourth-order valence-electron chi connectivity index (χ4n) is 3.72. The Hall–Kier alpha value is -3.07. The Balaban J connectivity index is 1.46. The second kappa shape index (κ2) is 8.97. The van der Waals surface area contributed by atoms with Crippen molar-refractivity contribution in [2.75, 3.05) is 18.4 Å². The second-order valence-corrected chi connectivity index (χ2v) is 9.12. The Kier molecular flexibility index (Phi) is 6.13. The van der Waals surface area contributed by atoms with Gasteiger partial charge in [0.05, 0.1) is 17.6 Å². The van der Waals surface area contributed by atoms with Crippen molar-refractivity contribution in [3.05, 3.63) is 52.2 Å². The number of carbonyl (C=O) groups is 1. The molecule has 4 rings (SSSR count). The van der Waals surface area contributed by atoms with Gasteiger partial charge in [0.2, 0.25) is 5.91 Å². The minimum Gasteiger partial charge on any atom is -0.338 e. The zero-order valence-electron chi connectivity index (χ0n) is 18.3. The molecule has 0 aliphatic carbocycles. The molecule has 0 spiro atoms. The predicted octanol–water partition coefficient (Wildman–Crippen LogP) is 3.75. The molecule has 162 valence electrons. The van der Waals surface area contributed by atoms with E-state index >= 15 is 0 Å². The van der Waals surface area contributed by atoms with Crippen LogP contribution in [0.5, 0.6) is 0 Å². The molecular formula is C22H27N7OS. The van der Waals surface area contributed by atoms with Gasteiger partial charge in [-0.2, -0.15) is 5.10 Å². The SMILES string of the molecule is Cc1nc(Nc2nc(C)c(C)s2)cc([C@H]2CCCN(C(=O)/C=C/c3cnn(C)c3)C2)n1. The quantitative estimate of drug-likeness (QED) is 0.612. The molecule has 0 bridgehead atoms. The highest BCUT2D eigenvalue weighted by Crippen LogP contribution is 2.29. The molecule has 1 aliphatic rings. The monoisotopic (exact) mass is 437 g/mol. The lowest BCUT2D eigenvalue weighted by Gasteiger charge is -2.32.